The maximum absolute atomic E-state index is 10.8. The third-order valence-electron chi connectivity index (χ3n) is 2.87. The molecule has 1 unspecified atom stereocenters. The molecule has 1 aromatic carbocycles. The molecular weight excluding hydrogens is 202 g/mol. The van der Waals surface area contributed by atoms with Crippen LogP contribution in [0.5, 0.6) is 0 Å². The van der Waals surface area contributed by atoms with E-state index in [2.05, 4.69) is 16.7 Å². The van der Waals surface area contributed by atoms with E-state index in [-0.39, 0.29) is 0 Å². The van der Waals surface area contributed by atoms with Crippen molar-refractivity contribution in [3.8, 4) is 0 Å². The fourth-order valence-electron chi connectivity index (χ4n) is 2.11. The van der Waals surface area contributed by atoms with Crippen LogP contribution in [0.4, 0.5) is 10.5 Å². The van der Waals surface area contributed by atoms with Crippen LogP contribution in [0, 0.1) is 0 Å². The number of anilines is 1. The van der Waals surface area contributed by atoms with Gasteiger partial charge in [-0.25, -0.2) is 4.79 Å². The molecule has 0 bridgehead atoms. The lowest BCUT2D eigenvalue weighted by molar-refractivity contribution is 0.259. The molecule has 2 amide bonds. The Morgan fingerprint density at radius 2 is 2.31 bits per heavy atom. The van der Waals surface area contributed by atoms with Gasteiger partial charge in [-0.05, 0) is 37.1 Å². The number of amides is 2. The van der Waals surface area contributed by atoms with Crippen molar-refractivity contribution in [3.63, 3.8) is 0 Å². The lowest BCUT2D eigenvalue weighted by Crippen LogP contribution is -2.27. The Hall–Kier alpha value is -1.55. The number of hydrogen-bond donors (Lipinski definition) is 3. The quantitative estimate of drug-likeness (QED) is 0.712. The van der Waals surface area contributed by atoms with Crippen LogP contribution in [0.3, 0.4) is 0 Å². The van der Waals surface area contributed by atoms with Crippen LogP contribution in [0.1, 0.15) is 30.9 Å². The van der Waals surface area contributed by atoms with E-state index >= 15 is 0 Å². The highest BCUT2D eigenvalue weighted by Crippen LogP contribution is 2.24. The summed E-state index contributed by atoms with van der Waals surface area (Å²) < 4.78 is 0. The molecule has 4 N–H and O–H groups in total. The van der Waals surface area contributed by atoms with Gasteiger partial charge in [0.2, 0.25) is 0 Å². The molecule has 2 rings (SSSR count). The van der Waals surface area contributed by atoms with E-state index in [1.54, 1.807) is 0 Å². The van der Waals surface area contributed by atoms with Gasteiger partial charge in [-0.2, -0.15) is 0 Å². The molecule has 1 aromatic rings. The van der Waals surface area contributed by atoms with Crippen molar-refractivity contribution >= 4 is 11.7 Å². The van der Waals surface area contributed by atoms with E-state index < -0.39 is 6.03 Å². The van der Waals surface area contributed by atoms with Crippen LogP contribution < -0.4 is 16.4 Å². The maximum atomic E-state index is 10.8. The predicted molar refractivity (Wildman–Crippen MR) is 64.2 cm³/mol. The maximum Gasteiger partial charge on any atom is 0.316 e. The number of benzene rings is 1. The van der Waals surface area contributed by atoms with Gasteiger partial charge >= 0.3 is 6.03 Å². The molecular formula is C12H17N3O. The van der Waals surface area contributed by atoms with Gasteiger partial charge in [-0.15, -0.1) is 0 Å². The Balaban J connectivity index is 2.11. The smallest absolute Gasteiger partial charge is 0.316 e. The van der Waals surface area contributed by atoms with Crippen molar-refractivity contribution in [2.75, 3.05) is 11.9 Å². The summed E-state index contributed by atoms with van der Waals surface area (Å²) in [6.07, 6.45) is 3.65. The van der Waals surface area contributed by atoms with E-state index in [4.69, 9.17) is 5.73 Å². The summed E-state index contributed by atoms with van der Waals surface area (Å²) >= 11 is 0. The van der Waals surface area contributed by atoms with Crippen molar-refractivity contribution < 1.29 is 4.79 Å². The number of urea groups is 1. The molecule has 0 radical (unpaired) electrons. The van der Waals surface area contributed by atoms with Crippen LogP contribution >= 0.6 is 0 Å². The summed E-state index contributed by atoms with van der Waals surface area (Å²) in [5, 5.41) is 6.07. The molecule has 1 aliphatic rings. The van der Waals surface area contributed by atoms with Crippen molar-refractivity contribution in [1.82, 2.24) is 5.32 Å². The fourth-order valence-corrected chi connectivity index (χ4v) is 2.11. The highest BCUT2D eigenvalue weighted by molar-refractivity contribution is 5.87. The number of carbonyl (C=O) groups excluding carboxylic acids is 1. The Morgan fingerprint density at radius 1 is 1.44 bits per heavy atom. The molecule has 0 spiro atoms. The molecule has 0 aliphatic carbocycles. The van der Waals surface area contributed by atoms with Crippen LogP contribution in [0.25, 0.3) is 0 Å². The van der Waals surface area contributed by atoms with Crippen LogP contribution in [-0.4, -0.2) is 12.6 Å². The molecule has 1 atom stereocenters. The van der Waals surface area contributed by atoms with E-state index in [1.165, 1.54) is 18.4 Å². The number of nitrogens with two attached hydrogens (primary N) is 1. The predicted octanol–water partition coefficient (Wildman–Crippen LogP) is 1.99. The first-order valence-corrected chi connectivity index (χ1v) is 5.65. The minimum Gasteiger partial charge on any atom is -0.351 e. The molecule has 1 fully saturated rings. The summed E-state index contributed by atoms with van der Waals surface area (Å²) in [6.45, 7) is 1.07. The first-order valence-electron chi connectivity index (χ1n) is 5.65. The zero-order valence-electron chi connectivity index (χ0n) is 9.20. The van der Waals surface area contributed by atoms with E-state index in [0.29, 0.717) is 6.04 Å². The first kappa shape index (κ1) is 11.0. The SMILES string of the molecule is NC(=O)Nc1cccc(C2CCCCN2)c1. The Labute approximate surface area is 95.2 Å². The molecule has 0 saturated carbocycles. The van der Waals surface area contributed by atoms with Gasteiger partial charge < -0.3 is 16.4 Å². The zero-order valence-corrected chi connectivity index (χ0v) is 9.20. The molecule has 1 saturated heterocycles. The minimum atomic E-state index is -0.520. The third-order valence-corrected chi connectivity index (χ3v) is 2.87. The normalized spacial score (nSPS) is 20.4. The van der Waals surface area contributed by atoms with Crippen LogP contribution in [0.15, 0.2) is 24.3 Å². The van der Waals surface area contributed by atoms with Gasteiger partial charge in [-0.3, -0.25) is 0 Å². The van der Waals surface area contributed by atoms with Gasteiger partial charge in [0.15, 0.2) is 0 Å². The van der Waals surface area contributed by atoms with Crippen LogP contribution in [-0.2, 0) is 0 Å². The standard InChI is InChI=1S/C12H17N3O/c13-12(16)15-10-5-3-4-9(8-10)11-6-1-2-7-14-11/h3-5,8,11,14H,1-2,6-7H2,(H3,13,15,16). The number of carbonyl (C=O) groups is 1. The molecule has 86 valence electrons. The number of primary amides is 1. The Bertz CT molecular complexity index is 372. The molecule has 1 heterocycles. The number of nitrogens with one attached hydrogen (secondary N) is 2. The monoisotopic (exact) mass is 219 g/mol. The van der Waals surface area contributed by atoms with E-state index in [9.17, 15) is 4.79 Å². The van der Waals surface area contributed by atoms with Crippen molar-refractivity contribution in [1.29, 1.82) is 0 Å². The number of rotatable bonds is 2. The fraction of sp³-hybridized carbons (Fsp3) is 0.417. The molecule has 4 nitrogen and oxygen atoms in total. The summed E-state index contributed by atoms with van der Waals surface area (Å²) in [5.74, 6) is 0. The highest BCUT2D eigenvalue weighted by Gasteiger charge is 2.14. The average Bonchev–Trinajstić information content (AvgIpc) is 2.30. The molecule has 0 aromatic heterocycles. The molecule has 16 heavy (non-hydrogen) atoms. The third kappa shape index (κ3) is 2.73. The molecule has 4 heteroatoms. The van der Waals surface area contributed by atoms with Gasteiger partial charge in [0, 0.05) is 11.7 Å². The number of piperidine rings is 1. The summed E-state index contributed by atoms with van der Waals surface area (Å²) in [5.41, 5.74) is 7.06. The topological polar surface area (TPSA) is 67.2 Å². The largest absolute Gasteiger partial charge is 0.351 e. The zero-order chi connectivity index (χ0) is 11.4. The average molecular weight is 219 g/mol. The highest BCUT2D eigenvalue weighted by atomic mass is 16.2. The van der Waals surface area contributed by atoms with Crippen molar-refractivity contribution in [2.24, 2.45) is 5.73 Å². The summed E-state index contributed by atoms with van der Waals surface area (Å²) in [6, 6.07) is 7.73. The van der Waals surface area contributed by atoms with Crippen molar-refractivity contribution in [3.05, 3.63) is 29.8 Å². The second-order valence-electron chi connectivity index (χ2n) is 4.12. The van der Waals surface area contributed by atoms with Gasteiger partial charge in [0.25, 0.3) is 0 Å². The second-order valence-corrected chi connectivity index (χ2v) is 4.12. The van der Waals surface area contributed by atoms with Gasteiger partial charge in [-0.1, -0.05) is 18.6 Å². The van der Waals surface area contributed by atoms with Crippen molar-refractivity contribution in [2.45, 2.75) is 25.3 Å². The van der Waals surface area contributed by atoms with Crippen LogP contribution in [0.2, 0.25) is 0 Å². The summed E-state index contributed by atoms with van der Waals surface area (Å²) in [4.78, 5) is 10.8. The lowest BCUT2D eigenvalue weighted by Gasteiger charge is -2.24. The van der Waals surface area contributed by atoms with Gasteiger partial charge in [0.1, 0.15) is 0 Å². The van der Waals surface area contributed by atoms with E-state index in [1.807, 2.05) is 18.2 Å². The van der Waals surface area contributed by atoms with E-state index in [0.717, 1.165) is 18.7 Å². The van der Waals surface area contributed by atoms with Gasteiger partial charge in [0.05, 0.1) is 0 Å². The Morgan fingerprint density at radius 3 is 3.00 bits per heavy atom. The second kappa shape index (κ2) is 4.99. The minimum absolute atomic E-state index is 0.406. The Kier molecular flexibility index (Phi) is 3.41. The summed E-state index contributed by atoms with van der Waals surface area (Å²) in [7, 11) is 0. The lowest BCUT2D eigenvalue weighted by atomic mass is 9.97. The first-order chi connectivity index (χ1) is 7.75. The molecule has 1 aliphatic heterocycles. The number of hydrogen-bond acceptors (Lipinski definition) is 2.